The van der Waals surface area contributed by atoms with Crippen LogP contribution in [0.3, 0.4) is 0 Å². The zero-order chi connectivity index (χ0) is 20.7. The van der Waals surface area contributed by atoms with Crippen molar-refractivity contribution in [3.8, 4) is 11.5 Å². The van der Waals surface area contributed by atoms with E-state index in [1.165, 1.54) is 11.8 Å². The van der Waals surface area contributed by atoms with E-state index in [1.807, 2.05) is 30.0 Å². The van der Waals surface area contributed by atoms with Gasteiger partial charge in [-0.2, -0.15) is 13.2 Å². The third-order valence-corrected chi connectivity index (χ3v) is 4.85. The number of piperazine rings is 1. The van der Waals surface area contributed by atoms with Crippen LogP contribution in [0, 0.1) is 0 Å². The minimum atomic E-state index is -4.20. The zero-order valence-corrected chi connectivity index (χ0v) is 19.6. The van der Waals surface area contributed by atoms with Gasteiger partial charge in [0.15, 0.2) is 17.5 Å². The quantitative estimate of drug-likeness (QED) is 0.348. The molecule has 1 aromatic carbocycles. The van der Waals surface area contributed by atoms with Gasteiger partial charge in [0.1, 0.15) is 6.04 Å². The molecule has 6 nitrogen and oxygen atoms in total. The van der Waals surface area contributed by atoms with Crippen molar-refractivity contribution in [1.82, 2.24) is 15.1 Å². The van der Waals surface area contributed by atoms with Gasteiger partial charge in [0.2, 0.25) is 0 Å². The van der Waals surface area contributed by atoms with Gasteiger partial charge in [0.05, 0.1) is 20.8 Å². The Kier molecular flexibility index (Phi) is 10.3. The SMILES string of the molecule is CCNC(=NCc1cccc(OC)c1OC)N1CCN(C(C)C(F)(F)F)CC1.I. The second kappa shape index (κ2) is 11.7. The topological polar surface area (TPSA) is 49.3 Å². The van der Waals surface area contributed by atoms with Gasteiger partial charge in [-0.05, 0) is 19.9 Å². The minimum Gasteiger partial charge on any atom is -0.493 e. The molecule has 0 aliphatic carbocycles. The normalized spacial score (nSPS) is 16.8. The van der Waals surface area contributed by atoms with Crippen LogP contribution in [-0.2, 0) is 6.54 Å². The van der Waals surface area contributed by atoms with Gasteiger partial charge in [-0.1, -0.05) is 12.1 Å². The number of rotatable bonds is 6. The largest absolute Gasteiger partial charge is 0.493 e. The number of nitrogens with zero attached hydrogens (tertiary/aromatic N) is 3. The predicted octanol–water partition coefficient (Wildman–Crippen LogP) is 3.36. The summed E-state index contributed by atoms with van der Waals surface area (Å²) in [5.41, 5.74) is 0.876. The molecule has 29 heavy (non-hydrogen) atoms. The lowest BCUT2D eigenvalue weighted by Gasteiger charge is -2.39. The van der Waals surface area contributed by atoms with Gasteiger partial charge >= 0.3 is 6.18 Å². The maximum Gasteiger partial charge on any atom is 0.403 e. The Morgan fingerprint density at radius 2 is 1.83 bits per heavy atom. The first-order valence-electron chi connectivity index (χ1n) is 9.35. The van der Waals surface area contributed by atoms with E-state index in [1.54, 1.807) is 14.2 Å². The van der Waals surface area contributed by atoms with Gasteiger partial charge in [0, 0.05) is 38.3 Å². The van der Waals surface area contributed by atoms with Crippen LogP contribution in [0.15, 0.2) is 23.2 Å². The minimum absolute atomic E-state index is 0. The van der Waals surface area contributed by atoms with E-state index in [0.717, 1.165) is 5.56 Å². The van der Waals surface area contributed by atoms with Crippen LogP contribution >= 0.6 is 24.0 Å². The van der Waals surface area contributed by atoms with E-state index in [9.17, 15) is 13.2 Å². The summed E-state index contributed by atoms with van der Waals surface area (Å²) in [4.78, 5) is 8.12. The summed E-state index contributed by atoms with van der Waals surface area (Å²) >= 11 is 0. The Morgan fingerprint density at radius 1 is 1.17 bits per heavy atom. The van der Waals surface area contributed by atoms with Crippen molar-refractivity contribution in [1.29, 1.82) is 0 Å². The van der Waals surface area contributed by atoms with Gasteiger partial charge in [-0.25, -0.2) is 4.99 Å². The average Bonchev–Trinajstić information content (AvgIpc) is 2.69. The first-order valence-corrected chi connectivity index (χ1v) is 9.35. The Bertz CT molecular complexity index is 665. The molecule has 1 saturated heterocycles. The molecule has 0 amide bonds. The van der Waals surface area contributed by atoms with Crippen LogP contribution in [0.1, 0.15) is 19.4 Å². The first kappa shape index (κ1) is 25.6. The summed E-state index contributed by atoms with van der Waals surface area (Å²) in [6, 6.07) is 4.17. The van der Waals surface area contributed by atoms with Crippen molar-refractivity contribution >= 4 is 29.9 Å². The van der Waals surface area contributed by atoms with Crippen molar-refractivity contribution in [3.05, 3.63) is 23.8 Å². The number of hydrogen-bond acceptors (Lipinski definition) is 4. The number of halogens is 4. The molecule has 0 spiro atoms. The lowest BCUT2D eigenvalue weighted by Crippen LogP contribution is -2.56. The summed E-state index contributed by atoms with van der Waals surface area (Å²) in [6.45, 7) is 5.88. The van der Waals surface area contributed by atoms with Crippen LogP contribution in [0.4, 0.5) is 13.2 Å². The number of ether oxygens (including phenoxy) is 2. The van der Waals surface area contributed by atoms with Gasteiger partial charge < -0.3 is 19.7 Å². The van der Waals surface area contributed by atoms with Crippen LogP contribution in [-0.4, -0.2) is 74.9 Å². The summed E-state index contributed by atoms with van der Waals surface area (Å²) in [5.74, 6) is 1.95. The Balaban J connectivity index is 0.00000420. The number of hydrogen-bond donors (Lipinski definition) is 1. The molecule has 1 aliphatic rings. The highest BCUT2D eigenvalue weighted by molar-refractivity contribution is 14.0. The molecule has 0 bridgehead atoms. The summed E-state index contributed by atoms with van der Waals surface area (Å²) in [6.07, 6.45) is -4.20. The fourth-order valence-corrected chi connectivity index (χ4v) is 3.19. The molecular formula is C19H30F3IN4O2. The van der Waals surface area contributed by atoms with Crippen molar-refractivity contribution < 1.29 is 22.6 Å². The molecular weight excluding hydrogens is 500 g/mol. The molecule has 10 heteroatoms. The second-order valence-corrected chi connectivity index (χ2v) is 6.56. The van der Waals surface area contributed by atoms with E-state index in [-0.39, 0.29) is 24.0 Å². The lowest BCUT2D eigenvalue weighted by atomic mass is 10.2. The standard InChI is InChI=1S/C19H29F3N4O2.HI/c1-5-23-18(24-13-15-7-6-8-16(27-3)17(15)28-4)26-11-9-25(10-12-26)14(2)19(20,21)22;/h6-8,14H,5,9-13H2,1-4H3,(H,23,24);1H. The van der Waals surface area contributed by atoms with Crippen LogP contribution in [0.5, 0.6) is 11.5 Å². The summed E-state index contributed by atoms with van der Waals surface area (Å²) in [7, 11) is 3.16. The maximum absolute atomic E-state index is 12.9. The van der Waals surface area contributed by atoms with E-state index < -0.39 is 12.2 Å². The first-order chi connectivity index (χ1) is 13.3. The average molecular weight is 530 g/mol. The number of aliphatic imine (C=N–C) groups is 1. The Morgan fingerprint density at radius 3 is 2.34 bits per heavy atom. The molecule has 1 fully saturated rings. The Labute approximate surface area is 187 Å². The lowest BCUT2D eigenvalue weighted by molar-refractivity contribution is -0.181. The van der Waals surface area contributed by atoms with Crippen LogP contribution < -0.4 is 14.8 Å². The van der Waals surface area contributed by atoms with E-state index >= 15 is 0 Å². The molecule has 1 atom stereocenters. The van der Waals surface area contributed by atoms with Gasteiger partial charge in [-0.3, -0.25) is 4.90 Å². The predicted molar refractivity (Wildman–Crippen MR) is 118 cm³/mol. The fourth-order valence-electron chi connectivity index (χ4n) is 3.19. The molecule has 2 rings (SSSR count). The maximum atomic E-state index is 12.9. The number of methoxy groups -OCH3 is 2. The van der Waals surface area contributed by atoms with Crippen LogP contribution in [0.25, 0.3) is 0 Å². The van der Waals surface area contributed by atoms with E-state index in [4.69, 9.17) is 9.47 Å². The molecule has 1 unspecified atom stereocenters. The highest BCUT2D eigenvalue weighted by Crippen LogP contribution is 2.31. The highest BCUT2D eigenvalue weighted by atomic mass is 127. The zero-order valence-electron chi connectivity index (χ0n) is 17.3. The summed E-state index contributed by atoms with van der Waals surface area (Å²) in [5, 5.41) is 3.23. The molecule has 1 aromatic rings. The number of nitrogens with one attached hydrogen (secondary N) is 1. The molecule has 0 saturated carbocycles. The third kappa shape index (κ3) is 6.80. The molecule has 166 valence electrons. The molecule has 1 aliphatic heterocycles. The van der Waals surface area contributed by atoms with Crippen molar-refractivity contribution in [3.63, 3.8) is 0 Å². The molecule has 1 N–H and O–H groups in total. The number of para-hydroxylation sites is 1. The number of alkyl halides is 3. The monoisotopic (exact) mass is 530 g/mol. The molecule has 0 aromatic heterocycles. The second-order valence-electron chi connectivity index (χ2n) is 6.56. The van der Waals surface area contributed by atoms with E-state index in [2.05, 4.69) is 10.3 Å². The smallest absolute Gasteiger partial charge is 0.403 e. The third-order valence-electron chi connectivity index (χ3n) is 4.85. The van der Waals surface area contributed by atoms with Gasteiger partial charge in [-0.15, -0.1) is 24.0 Å². The van der Waals surface area contributed by atoms with Crippen molar-refractivity contribution in [2.24, 2.45) is 4.99 Å². The fraction of sp³-hybridized carbons (Fsp3) is 0.632. The summed E-state index contributed by atoms with van der Waals surface area (Å²) < 4.78 is 49.6. The van der Waals surface area contributed by atoms with Crippen molar-refractivity contribution in [2.45, 2.75) is 32.6 Å². The van der Waals surface area contributed by atoms with Crippen LogP contribution in [0.2, 0.25) is 0 Å². The number of benzene rings is 1. The van der Waals surface area contributed by atoms with Gasteiger partial charge in [0.25, 0.3) is 0 Å². The molecule has 0 radical (unpaired) electrons. The van der Waals surface area contributed by atoms with Crippen molar-refractivity contribution in [2.75, 3.05) is 46.9 Å². The van der Waals surface area contributed by atoms with E-state index in [0.29, 0.717) is 56.7 Å². The highest BCUT2D eigenvalue weighted by Gasteiger charge is 2.41. The Hall–Kier alpha value is -1.43. The number of guanidine groups is 1. The molecule has 1 heterocycles.